The van der Waals surface area contributed by atoms with E-state index in [0.717, 1.165) is 11.1 Å². The highest BCUT2D eigenvalue weighted by molar-refractivity contribution is 5.73. The van der Waals surface area contributed by atoms with Crippen molar-refractivity contribution in [3.8, 4) is 11.5 Å². The third kappa shape index (κ3) is 5.03. The monoisotopic (exact) mass is 386 g/mol. The smallest absolute Gasteiger partial charge is 0.306 e. The normalized spacial score (nSPS) is 12.6. The lowest BCUT2D eigenvalue weighted by molar-refractivity contribution is -0.143. The molecule has 0 saturated carbocycles. The summed E-state index contributed by atoms with van der Waals surface area (Å²) in [6.07, 6.45) is 0.160. The molecule has 0 bridgehead atoms. The van der Waals surface area contributed by atoms with Crippen LogP contribution in [0.5, 0.6) is 11.5 Å². The highest BCUT2D eigenvalue weighted by Gasteiger charge is 2.33. The predicted octanol–water partition coefficient (Wildman–Crippen LogP) is 3.70. The Bertz CT molecular complexity index is 734. The number of hydrogen-bond acceptors (Lipinski definition) is 6. The molecule has 0 fully saturated rings. The molecule has 6 nitrogen and oxygen atoms in total. The Balaban J connectivity index is 2.63. The Hall–Kier alpha value is -3.02. The van der Waals surface area contributed by atoms with E-state index in [1.54, 1.807) is 14.2 Å². The van der Waals surface area contributed by atoms with Gasteiger partial charge in [0.25, 0.3) is 0 Å². The molecule has 0 N–H and O–H groups in total. The first kappa shape index (κ1) is 21.3. The molecule has 0 aliphatic rings. The first-order chi connectivity index (χ1) is 13.5. The van der Waals surface area contributed by atoms with Crippen LogP contribution >= 0.6 is 0 Å². The van der Waals surface area contributed by atoms with Gasteiger partial charge in [-0.1, -0.05) is 36.4 Å². The second kappa shape index (κ2) is 10.3. The molecule has 0 saturated heterocycles. The fraction of sp³-hybridized carbons (Fsp3) is 0.364. The summed E-state index contributed by atoms with van der Waals surface area (Å²) in [5.41, 5.74) is 1.63. The lowest BCUT2D eigenvalue weighted by atomic mass is 9.77. The zero-order chi connectivity index (χ0) is 20.5. The van der Waals surface area contributed by atoms with Crippen LogP contribution in [0.1, 0.15) is 35.8 Å². The predicted molar refractivity (Wildman–Crippen MR) is 105 cm³/mol. The van der Waals surface area contributed by atoms with Crippen LogP contribution < -0.4 is 9.47 Å². The van der Waals surface area contributed by atoms with Gasteiger partial charge < -0.3 is 18.9 Å². The number of carbonyl (C=O) groups excluding carboxylic acids is 2. The first-order valence-corrected chi connectivity index (χ1v) is 8.95. The fourth-order valence-electron chi connectivity index (χ4n) is 3.41. The van der Waals surface area contributed by atoms with Crippen LogP contribution in [0.3, 0.4) is 0 Å². The summed E-state index contributed by atoms with van der Waals surface area (Å²) < 4.78 is 20.9. The topological polar surface area (TPSA) is 71.1 Å². The molecule has 28 heavy (non-hydrogen) atoms. The van der Waals surface area contributed by atoms with E-state index in [1.165, 1.54) is 14.2 Å². The van der Waals surface area contributed by atoms with Gasteiger partial charge in [0.05, 0.1) is 41.3 Å². The van der Waals surface area contributed by atoms with Crippen molar-refractivity contribution in [3.05, 3.63) is 59.7 Å². The molecule has 2 rings (SSSR count). The third-order valence-corrected chi connectivity index (χ3v) is 4.79. The Labute approximate surface area is 165 Å². The molecule has 0 aromatic heterocycles. The van der Waals surface area contributed by atoms with Crippen molar-refractivity contribution in [1.29, 1.82) is 0 Å². The summed E-state index contributed by atoms with van der Waals surface area (Å²) in [7, 11) is 5.85. The van der Waals surface area contributed by atoms with Crippen molar-refractivity contribution in [2.45, 2.75) is 24.7 Å². The molecule has 6 heteroatoms. The van der Waals surface area contributed by atoms with Crippen LogP contribution in [-0.4, -0.2) is 40.4 Å². The average Bonchev–Trinajstić information content (AvgIpc) is 2.75. The molecule has 2 atom stereocenters. The quantitative estimate of drug-likeness (QED) is 0.612. The number of hydrogen-bond donors (Lipinski definition) is 0. The number of methoxy groups -OCH3 is 4. The van der Waals surface area contributed by atoms with Gasteiger partial charge in [-0.3, -0.25) is 9.59 Å². The second-order valence-electron chi connectivity index (χ2n) is 6.26. The molecule has 2 aromatic rings. The van der Waals surface area contributed by atoms with E-state index in [2.05, 4.69) is 0 Å². The molecule has 150 valence electrons. The molecule has 0 aliphatic heterocycles. The third-order valence-electron chi connectivity index (χ3n) is 4.79. The zero-order valence-electron chi connectivity index (χ0n) is 16.6. The standard InChI is InChI=1S/C22H26O6/c1-25-19-11-7-5-9-15(19)17(13-21(23)27-3)18(14-22(24)28-4)16-10-6-8-12-20(16)26-2/h5-12,17-18H,13-14H2,1-4H3/t17-,18+. The maximum Gasteiger partial charge on any atom is 0.306 e. The minimum absolute atomic E-state index is 0.0799. The summed E-state index contributed by atoms with van der Waals surface area (Å²) in [6.45, 7) is 0. The Morgan fingerprint density at radius 1 is 0.679 bits per heavy atom. The molecule has 0 unspecified atom stereocenters. The molecule has 0 heterocycles. The number of benzene rings is 2. The minimum Gasteiger partial charge on any atom is -0.496 e. The first-order valence-electron chi connectivity index (χ1n) is 8.95. The van der Waals surface area contributed by atoms with Crippen molar-refractivity contribution in [3.63, 3.8) is 0 Å². The van der Waals surface area contributed by atoms with Gasteiger partial charge in [-0.05, 0) is 23.3 Å². The lowest BCUT2D eigenvalue weighted by Gasteiger charge is -2.29. The highest BCUT2D eigenvalue weighted by Crippen LogP contribution is 2.44. The van der Waals surface area contributed by atoms with Gasteiger partial charge in [0, 0.05) is 11.8 Å². The van der Waals surface area contributed by atoms with E-state index in [9.17, 15) is 9.59 Å². The van der Waals surface area contributed by atoms with E-state index < -0.39 is 0 Å². The number of carbonyl (C=O) groups is 2. The van der Waals surface area contributed by atoms with Crippen molar-refractivity contribution in [2.75, 3.05) is 28.4 Å². The molecule has 0 radical (unpaired) electrons. The Kier molecular flexibility index (Phi) is 7.87. The highest BCUT2D eigenvalue weighted by atomic mass is 16.5. The fourth-order valence-corrected chi connectivity index (χ4v) is 3.41. The van der Waals surface area contributed by atoms with Crippen LogP contribution in [0.4, 0.5) is 0 Å². The molecule has 2 aromatic carbocycles. The molecule has 0 amide bonds. The van der Waals surface area contributed by atoms with E-state index in [0.29, 0.717) is 11.5 Å². The van der Waals surface area contributed by atoms with E-state index in [4.69, 9.17) is 18.9 Å². The molecule has 0 spiro atoms. The van der Waals surface area contributed by atoms with Crippen LogP contribution in [0.2, 0.25) is 0 Å². The summed E-state index contributed by atoms with van der Waals surface area (Å²) in [4.78, 5) is 24.5. The van der Waals surface area contributed by atoms with E-state index >= 15 is 0 Å². The van der Waals surface area contributed by atoms with Crippen molar-refractivity contribution in [2.24, 2.45) is 0 Å². The minimum atomic E-state index is -0.376. The maximum atomic E-state index is 12.2. The largest absolute Gasteiger partial charge is 0.496 e. The summed E-state index contributed by atoms with van der Waals surface area (Å²) >= 11 is 0. The van der Waals surface area contributed by atoms with Crippen LogP contribution in [0, 0.1) is 0 Å². The van der Waals surface area contributed by atoms with Gasteiger partial charge in [0.1, 0.15) is 11.5 Å². The lowest BCUT2D eigenvalue weighted by Crippen LogP contribution is -2.21. The van der Waals surface area contributed by atoms with Crippen LogP contribution in [0.25, 0.3) is 0 Å². The molecular formula is C22H26O6. The van der Waals surface area contributed by atoms with Gasteiger partial charge >= 0.3 is 11.9 Å². The second-order valence-corrected chi connectivity index (χ2v) is 6.26. The van der Waals surface area contributed by atoms with Crippen LogP contribution in [-0.2, 0) is 19.1 Å². The van der Waals surface area contributed by atoms with Gasteiger partial charge in [0.2, 0.25) is 0 Å². The zero-order valence-corrected chi connectivity index (χ0v) is 16.6. The Morgan fingerprint density at radius 2 is 1.04 bits per heavy atom. The average molecular weight is 386 g/mol. The number of esters is 2. The number of para-hydroxylation sites is 2. The van der Waals surface area contributed by atoms with Crippen molar-refractivity contribution in [1.82, 2.24) is 0 Å². The summed E-state index contributed by atoms with van der Waals surface area (Å²) in [5.74, 6) is -0.221. The SMILES string of the molecule is COC(=O)C[C@H](c1ccccc1OC)[C@@H](CC(=O)OC)c1ccccc1OC. The van der Waals surface area contributed by atoms with Gasteiger partial charge in [-0.25, -0.2) is 0 Å². The summed E-state index contributed by atoms with van der Waals surface area (Å²) in [5, 5.41) is 0. The van der Waals surface area contributed by atoms with Crippen molar-refractivity contribution >= 4 is 11.9 Å². The van der Waals surface area contributed by atoms with E-state index in [1.807, 2.05) is 48.5 Å². The molecular weight excluding hydrogens is 360 g/mol. The van der Waals surface area contributed by atoms with E-state index in [-0.39, 0.29) is 36.6 Å². The number of rotatable bonds is 9. The van der Waals surface area contributed by atoms with Gasteiger partial charge in [0.15, 0.2) is 0 Å². The molecule has 0 aliphatic carbocycles. The van der Waals surface area contributed by atoms with Crippen LogP contribution in [0.15, 0.2) is 48.5 Å². The van der Waals surface area contributed by atoms with Gasteiger partial charge in [-0.2, -0.15) is 0 Å². The van der Waals surface area contributed by atoms with Gasteiger partial charge in [-0.15, -0.1) is 0 Å². The summed E-state index contributed by atoms with van der Waals surface area (Å²) in [6, 6.07) is 14.9. The Morgan fingerprint density at radius 3 is 1.36 bits per heavy atom. The van der Waals surface area contributed by atoms with Crippen molar-refractivity contribution < 1.29 is 28.5 Å². The maximum absolute atomic E-state index is 12.2. The number of ether oxygens (including phenoxy) is 4.